The topological polar surface area (TPSA) is 180 Å². The number of rotatable bonds is 10. The van der Waals surface area contributed by atoms with Crippen molar-refractivity contribution in [3.05, 3.63) is 0 Å². The number of nitrogens with one attached hydrogen (secondary N) is 2. The molecule has 0 spiro atoms. The van der Waals surface area contributed by atoms with Crippen molar-refractivity contribution in [3.63, 3.8) is 0 Å². The van der Waals surface area contributed by atoms with Gasteiger partial charge >= 0.3 is 5.97 Å². The summed E-state index contributed by atoms with van der Waals surface area (Å²) in [5, 5.41) is 19.8. The number of carbonyl (C=O) groups excluding carboxylic acids is 2. The van der Waals surface area contributed by atoms with E-state index in [2.05, 4.69) is 10.3 Å². The number of carbonyl (C=O) groups is 3. The standard InChI is InChI=1S/C12H23N5O5/c1-7(4-5-9(18)17-22)10(19)16-8(11(20)21)3-2-6-15-12(13)14/h7-8,22H,2-6H2,1H3,(H,16,19)(H,17,18)(H,20,21)(H4,13,14,15)/t7?,8-/m0/s1. The van der Waals surface area contributed by atoms with E-state index in [0.717, 1.165) is 0 Å². The van der Waals surface area contributed by atoms with E-state index in [1.54, 1.807) is 6.92 Å². The van der Waals surface area contributed by atoms with E-state index >= 15 is 0 Å². The fourth-order valence-corrected chi connectivity index (χ4v) is 1.61. The predicted molar refractivity (Wildman–Crippen MR) is 77.8 cm³/mol. The molecule has 0 aliphatic carbocycles. The van der Waals surface area contributed by atoms with Crippen LogP contribution in [0.1, 0.15) is 32.6 Å². The van der Waals surface area contributed by atoms with Gasteiger partial charge in [0.05, 0.1) is 0 Å². The zero-order valence-corrected chi connectivity index (χ0v) is 12.4. The molecule has 0 heterocycles. The van der Waals surface area contributed by atoms with Gasteiger partial charge in [-0.05, 0) is 19.3 Å². The molecule has 10 heteroatoms. The predicted octanol–water partition coefficient (Wildman–Crippen LogP) is -1.47. The van der Waals surface area contributed by atoms with Gasteiger partial charge in [-0.2, -0.15) is 0 Å². The van der Waals surface area contributed by atoms with Gasteiger partial charge in [0.15, 0.2) is 5.96 Å². The van der Waals surface area contributed by atoms with E-state index in [0.29, 0.717) is 6.42 Å². The molecule has 0 aromatic heterocycles. The van der Waals surface area contributed by atoms with Crippen molar-refractivity contribution in [2.75, 3.05) is 6.54 Å². The summed E-state index contributed by atoms with van der Waals surface area (Å²) in [6.45, 7) is 1.84. The second-order valence-corrected chi connectivity index (χ2v) is 4.82. The highest BCUT2D eigenvalue weighted by Gasteiger charge is 2.22. The van der Waals surface area contributed by atoms with E-state index in [-0.39, 0.29) is 31.8 Å². The van der Waals surface area contributed by atoms with Gasteiger partial charge in [0.2, 0.25) is 11.8 Å². The molecule has 126 valence electrons. The third kappa shape index (κ3) is 8.74. The van der Waals surface area contributed by atoms with Gasteiger partial charge in [0.1, 0.15) is 6.04 Å². The fraction of sp³-hybridized carbons (Fsp3) is 0.667. The van der Waals surface area contributed by atoms with Crippen molar-refractivity contribution in [2.45, 2.75) is 38.6 Å². The fourth-order valence-electron chi connectivity index (χ4n) is 1.61. The average Bonchev–Trinajstić information content (AvgIpc) is 2.46. The molecule has 0 aromatic rings. The normalized spacial score (nSPS) is 12.8. The summed E-state index contributed by atoms with van der Waals surface area (Å²) in [6.07, 6.45) is 0.740. The van der Waals surface area contributed by atoms with Gasteiger partial charge in [-0.15, -0.1) is 0 Å². The molecule has 8 N–H and O–H groups in total. The molecule has 0 bridgehead atoms. The summed E-state index contributed by atoms with van der Waals surface area (Å²) in [6, 6.07) is -1.05. The minimum Gasteiger partial charge on any atom is -0.480 e. The van der Waals surface area contributed by atoms with Crippen LogP contribution in [0.25, 0.3) is 0 Å². The smallest absolute Gasteiger partial charge is 0.326 e. The van der Waals surface area contributed by atoms with Crippen molar-refractivity contribution in [2.24, 2.45) is 22.4 Å². The summed E-state index contributed by atoms with van der Waals surface area (Å²) in [5.74, 6) is -2.87. The third-order valence-electron chi connectivity index (χ3n) is 2.94. The summed E-state index contributed by atoms with van der Waals surface area (Å²) < 4.78 is 0. The number of amides is 2. The average molecular weight is 317 g/mol. The highest BCUT2D eigenvalue weighted by Crippen LogP contribution is 2.07. The van der Waals surface area contributed by atoms with E-state index < -0.39 is 29.7 Å². The van der Waals surface area contributed by atoms with Gasteiger partial charge in [-0.1, -0.05) is 6.92 Å². The second-order valence-electron chi connectivity index (χ2n) is 4.82. The quantitative estimate of drug-likeness (QED) is 0.0934. The summed E-state index contributed by atoms with van der Waals surface area (Å²) in [4.78, 5) is 37.6. The van der Waals surface area contributed by atoms with Crippen LogP contribution in [-0.2, 0) is 14.4 Å². The van der Waals surface area contributed by atoms with Crippen molar-refractivity contribution in [3.8, 4) is 0 Å². The summed E-state index contributed by atoms with van der Waals surface area (Å²) in [7, 11) is 0. The van der Waals surface area contributed by atoms with Gasteiger partial charge in [-0.3, -0.25) is 19.8 Å². The first-order valence-electron chi connectivity index (χ1n) is 6.79. The zero-order valence-electron chi connectivity index (χ0n) is 12.4. The minimum absolute atomic E-state index is 0.0344. The third-order valence-corrected chi connectivity index (χ3v) is 2.94. The lowest BCUT2D eigenvalue weighted by Gasteiger charge is -2.17. The molecule has 0 rings (SSSR count). The molecule has 0 radical (unpaired) electrons. The van der Waals surface area contributed by atoms with Crippen molar-refractivity contribution < 1.29 is 24.7 Å². The maximum atomic E-state index is 11.9. The Morgan fingerprint density at radius 3 is 2.36 bits per heavy atom. The van der Waals surface area contributed by atoms with Crippen LogP contribution in [0.5, 0.6) is 0 Å². The monoisotopic (exact) mass is 317 g/mol. The molecule has 0 aliphatic heterocycles. The Morgan fingerprint density at radius 1 is 1.23 bits per heavy atom. The van der Waals surface area contributed by atoms with E-state index in [1.807, 2.05) is 0 Å². The maximum absolute atomic E-state index is 11.9. The van der Waals surface area contributed by atoms with E-state index in [1.165, 1.54) is 5.48 Å². The van der Waals surface area contributed by atoms with Crippen LogP contribution in [-0.4, -0.2) is 46.6 Å². The minimum atomic E-state index is -1.15. The van der Waals surface area contributed by atoms with Crippen molar-refractivity contribution >= 4 is 23.7 Å². The summed E-state index contributed by atoms with van der Waals surface area (Å²) in [5.41, 5.74) is 11.8. The highest BCUT2D eigenvalue weighted by atomic mass is 16.5. The number of nitrogens with two attached hydrogens (primary N) is 2. The molecule has 1 unspecified atom stereocenters. The number of aliphatic imine (C=N–C) groups is 1. The first-order valence-corrected chi connectivity index (χ1v) is 6.79. The van der Waals surface area contributed by atoms with Crippen LogP contribution in [0, 0.1) is 5.92 Å². The number of carboxylic acids is 1. The van der Waals surface area contributed by atoms with Gasteiger partial charge in [-0.25, -0.2) is 10.3 Å². The Kier molecular flexibility index (Phi) is 9.27. The number of hydrogen-bond donors (Lipinski definition) is 6. The largest absolute Gasteiger partial charge is 0.480 e. The second kappa shape index (κ2) is 10.4. The number of nitrogens with zero attached hydrogens (tertiary/aromatic N) is 1. The Balaban J connectivity index is 4.30. The first-order chi connectivity index (χ1) is 10.3. The summed E-state index contributed by atoms with van der Waals surface area (Å²) >= 11 is 0. The van der Waals surface area contributed by atoms with Crippen LogP contribution < -0.4 is 22.3 Å². The highest BCUT2D eigenvalue weighted by molar-refractivity contribution is 5.85. The number of carboxylic acid groups (broad SMARTS) is 1. The Labute approximate surface area is 127 Å². The van der Waals surface area contributed by atoms with E-state index in [9.17, 15) is 14.4 Å². The lowest BCUT2D eigenvalue weighted by Crippen LogP contribution is -2.43. The van der Waals surface area contributed by atoms with Crippen LogP contribution in [0.2, 0.25) is 0 Å². The zero-order chi connectivity index (χ0) is 17.1. The lowest BCUT2D eigenvalue weighted by molar-refractivity contribution is -0.142. The molecular weight excluding hydrogens is 294 g/mol. The van der Waals surface area contributed by atoms with Crippen LogP contribution in [0.4, 0.5) is 0 Å². The maximum Gasteiger partial charge on any atom is 0.326 e. The molecule has 0 fully saturated rings. The molecular formula is C12H23N5O5. The Morgan fingerprint density at radius 2 is 1.86 bits per heavy atom. The van der Waals surface area contributed by atoms with Crippen LogP contribution in [0.15, 0.2) is 4.99 Å². The number of guanidine groups is 1. The van der Waals surface area contributed by atoms with Crippen LogP contribution >= 0.6 is 0 Å². The van der Waals surface area contributed by atoms with Crippen molar-refractivity contribution in [1.29, 1.82) is 0 Å². The molecule has 2 atom stereocenters. The molecule has 10 nitrogen and oxygen atoms in total. The molecule has 0 aromatic carbocycles. The van der Waals surface area contributed by atoms with Crippen LogP contribution in [0.3, 0.4) is 0 Å². The van der Waals surface area contributed by atoms with E-state index in [4.69, 9.17) is 21.8 Å². The lowest BCUT2D eigenvalue weighted by atomic mass is 10.0. The van der Waals surface area contributed by atoms with Crippen molar-refractivity contribution in [1.82, 2.24) is 10.8 Å². The van der Waals surface area contributed by atoms with Gasteiger partial charge < -0.3 is 21.9 Å². The molecule has 0 saturated heterocycles. The Bertz CT molecular complexity index is 422. The molecule has 22 heavy (non-hydrogen) atoms. The Hall–Kier alpha value is -2.36. The molecule has 0 saturated carbocycles. The molecule has 2 amide bonds. The number of hydroxylamine groups is 1. The number of hydrogen-bond acceptors (Lipinski definition) is 5. The first kappa shape index (κ1) is 19.6. The van der Waals surface area contributed by atoms with Gasteiger partial charge in [0.25, 0.3) is 0 Å². The molecule has 0 aliphatic rings. The van der Waals surface area contributed by atoms with Gasteiger partial charge in [0, 0.05) is 18.9 Å². The number of aliphatic carboxylic acids is 1. The SMILES string of the molecule is CC(CCC(=O)NO)C(=O)N[C@@H](CCCN=C(N)N)C(=O)O.